The molecule has 0 spiro atoms. The smallest absolute Gasteiger partial charge is 0.303 e. The molecule has 2 aromatic rings. The molecule has 0 aliphatic carbocycles. The molecule has 1 unspecified atom stereocenters. The van der Waals surface area contributed by atoms with E-state index in [1.165, 1.54) is 33.7 Å². The van der Waals surface area contributed by atoms with Crippen LogP contribution in [0.2, 0.25) is 0 Å². The van der Waals surface area contributed by atoms with Gasteiger partial charge in [-0.25, -0.2) is 0 Å². The van der Waals surface area contributed by atoms with E-state index in [0.29, 0.717) is 25.8 Å². The van der Waals surface area contributed by atoms with Crippen molar-refractivity contribution in [3.05, 3.63) is 94.7 Å². The Morgan fingerprint density at radius 1 is 0.978 bits per heavy atom. The number of anilines is 1. The van der Waals surface area contributed by atoms with Crippen LogP contribution in [0.5, 0.6) is 0 Å². The number of nitrogens with zero attached hydrogens (tertiary/aromatic N) is 2. The van der Waals surface area contributed by atoms with Gasteiger partial charge in [0.05, 0.1) is 11.2 Å². The molecule has 0 bridgehead atoms. The maximum atomic E-state index is 11.3. The fourth-order valence-electron chi connectivity index (χ4n) is 7.20. The van der Waals surface area contributed by atoms with Crippen LogP contribution in [-0.4, -0.2) is 53.2 Å². The van der Waals surface area contributed by atoms with E-state index in [9.17, 15) is 22.9 Å². The quantitative estimate of drug-likeness (QED) is 0.0954. The molecule has 2 heterocycles. The standard InChI is InChI=1S/C37H48N2O5S/c1-7-38-32(36(4,5)30-26-27(2)25-28(3)35(30)38)19-9-8-10-20-33-37(6,22-14-13-21-34(40)41)29-17-11-12-18-31(29)39(33)23-15-16-24-45(42,43)44/h8-12,17-20,25-26H,7,13-16,21-24H2,1-6H3,(H-,40,41,42,43,44)/p+1. The largest absolute Gasteiger partial charge is 0.481 e. The first-order valence-electron chi connectivity index (χ1n) is 16.1. The highest BCUT2D eigenvalue weighted by Crippen LogP contribution is 2.50. The Hall–Kier alpha value is -3.49. The van der Waals surface area contributed by atoms with Crippen molar-refractivity contribution in [3.8, 4) is 0 Å². The summed E-state index contributed by atoms with van der Waals surface area (Å²) in [5.41, 5.74) is 9.45. The molecule has 0 fully saturated rings. The fourth-order valence-corrected chi connectivity index (χ4v) is 7.77. The third kappa shape index (κ3) is 7.50. The third-order valence-electron chi connectivity index (χ3n) is 9.36. The molecule has 1 atom stereocenters. The highest BCUT2D eigenvalue weighted by Gasteiger charge is 2.45. The lowest BCUT2D eigenvalue weighted by Crippen LogP contribution is -2.29. The van der Waals surface area contributed by atoms with Gasteiger partial charge in [-0.15, -0.1) is 0 Å². The van der Waals surface area contributed by atoms with Gasteiger partial charge in [0.25, 0.3) is 10.1 Å². The van der Waals surface area contributed by atoms with Gasteiger partial charge in [-0.2, -0.15) is 13.0 Å². The summed E-state index contributed by atoms with van der Waals surface area (Å²) in [7, 11) is -4.01. The minimum atomic E-state index is -4.01. The molecule has 4 rings (SSSR count). The van der Waals surface area contributed by atoms with Crippen molar-refractivity contribution in [3.63, 3.8) is 0 Å². The minimum Gasteiger partial charge on any atom is -0.481 e. The number of allylic oxidation sites excluding steroid dienone is 6. The number of carboxylic acids is 1. The van der Waals surface area contributed by atoms with Gasteiger partial charge in [-0.3, -0.25) is 9.35 Å². The van der Waals surface area contributed by atoms with Gasteiger partial charge in [0.15, 0.2) is 5.71 Å². The van der Waals surface area contributed by atoms with Crippen molar-refractivity contribution >= 4 is 33.2 Å². The molecule has 2 N–H and O–H groups in total. The Morgan fingerprint density at radius 3 is 2.40 bits per heavy atom. The maximum absolute atomic E-state index is 11.3. The van der Waals surface area contributed by atoms with Gasteiger partial charge < -0.3 is 10.0 Å². The van der Waals surface area contributed by atoms with E-state index in [1.54, 1.807) is 0 Å². The Bertz CT molecular complexity index is 1670. The predicted octanol–water partition coefficient (Wildman–Crippen LogP) is 7.79. The lowest BCUT2D eigenvalue weighted by Gasteiger charge is -2.30. The van der Waals surface area contributed by atoms with E-state index in [2.05, 4.69) is 106 Å². The summed E-state index contributed by atoms with van der Waals surface area (Å²) in [5, 5.41) is 9.19. The molecule has 2 aliphatic rings. The summed E-state index contributed by atoms with van der Waals surface area (Å²) in [4.78, 5) is 13.4. The first-order valence-corrected chi connectivity index (χ1v) is 17.7. The van der Waals surface area contributed by atoms with E-state index in [-0.39, 0.29) is 23.0 Å². The summed E-state index contributed by atoms with van der Waals surface area (Å²) in [6.45, 7) is 14.8. The van der Waals surface area contributed by atoms with E-state index in [4.69, 9.17) is 0 Å². The Kier molecular flexibility index (Phi) is 10.6. The zero-order valence-corrected chi connectivity index (χ0v) is 28.5. The van der Waals surface area contributed by atoms with Gasteiger partial charge >= 0.3 is 5.97 Å². The van der Waals surface area contributed by atoms with E-state index in [0.717, 1.165) is 30.8 Å². The molecule has 7 nitrogen and oxygen atoms in total. The highest BCUT2D eigenvalue weighted by atomic mass is 32.2. The number of para-hydroxylation sites is 1. The monoisotopic (exact) mass is 633 g/mol. The Morgan fingerprint density at radius 2 is 1.71 bits per heavy atom. The zero-order valence-electron chi connectivity index (χ0n) is 27.6. The molecule has 0 radical (unpaired) electrons. The number of unbranched alkanes of at least 4 members (excludes halogenated alkanes) is 2. The van der Waals surface area contributed by atoms with Crippen LogP contribution in [0.4, 0.5) is 11.4 Å². The van der Waals surface area contributed by atoms with E-state index >= 15 is 0 Å². The molecule has 0 aromatic heterocycles. The Balaban J connectivity index is 1.65. The number of rotatable bonds is 14. The average molecular weight is 634 g/mol. The second kappa shape index (κ2) is 13.9. The summed E-state index contributed by atoms with van der Waals surface area (Å²) in [6.07, 6.45) is 13.9. The lowest BCUT2D eigenvalue weighted by atomic mass is 9.77. The number of carbonyl (C=O) groups is 1. The van der Waals surface area contributed by atoms with Crippen LogP contribution in [0, 0.1) is 13.8 Å². The molecule has 45 heavy (non-hydrogen) atoms. The number of aryl methyl sites for hydroxylation is 2. The molecule has 242 valence electrons. The van der Waals surface area contributed by atoms with Crippen molar-refractivity contribution in [1.29, 1.82) is 0 Å². The molecular formula is C37H49N2O5S+. The first-order chi connectivity index (χ1) is 21.2. The number of fused-ring (bicyclic) bond motifs is 2. The average Bonchev–Trinajstić information content (AvgIpc) is 3.32. The van der Waals surface area contributed by atoms with Crippen molar-refractivity contribution in [1.82, 2.24) is 0 Å². The fraction of sp³-hybridized carbons (Fsp3) is 0.459. The molecule has 0 saturated heterocycles. The number of aliphatic carboxylic acids is 1. The number of hydrogen-bond acceptors (Lipinski definition) is 4. The van der Waals surface area contributed by atoms with E-state index in [1.807, 2.05) is 12.1 Å². The number of hydrogen-bond donors (Lipinski definition) is 2. The van der Waals surface area contributed by atoms with Gasteiger partial charge in [0, 0.05) is 47.0 Å². The van der Waals surface area contributed by atoms with Crippen LogP contribution >= 0.6 is 0 Å². The molecule has 8 heteroatoms. The maximum Gasteiger partial charge on any atom is 0.303 e. The Labute approximate surface area is 269 Å². The second-order valence-electron chi connectivity index (χ2n) is 13.1. The van der Waals surface area contributed by atoms with Gasteiger partial charge in [-0.05, 0) is 97.1 Å². The van der Waals surface area contributed by atoms with Crippen LogP contribution in [0.25, 0.3) is 0 Å². The number of benzene rings is 2. The van der Waals surface area contributed by atoms with Crippen LogP contribution in [0.1, 0.15) is 88.5 Å². The molecule has 2 aromatic carbocycles. The summed E-state index contributed by atoms with van der Waals surface area (Å²) < 4.78 is 34.3. The van der Waals surface area contributed by atoms with Crippen molar-refractivity contribution < 1.29 is 27.4 Å². The van der Waals surface area contributed by atoms with Crippen molar-refractivity contribution in [2.75, 3.05) is 23.7 Å². The minimum absolute atomic E-state index is 0.120. The molecule has 0 saturated carbocycles. The van der Waals surface area contributed by atoms with Crippen LogP contribution in [0.3, 0.4) is 0 Å². The zero-order chi connectivity index (χ0) is 33.0. The summed E-state index contributed by atoms with van der Waals surface area (Å²) >= 11 is 0. The summed E-state index contributed by atoms with van der Waals surface area (Å²) in [5.74, 6) is -1.04. The van der Waals surface area contributed by atoms with Crippen molar-refractivity contribution in [2.24, 2.45) is 0 Å². The normalized spacial score (nSPS) is 20.2. The topological polar surface area (TPSA) is 97.9 Å². The van der Waals surface area contributed by atoms with Crippen molar-refractivity contribution in [2.45, 2.75) is 90.9 Å². The van der Waals surface area contributed by atoms with Crippen LogP contribution in [0.15, 0.2) is 72.5 Å². The van der Waals surface area contributed by atoms with Gasteiger partial charge in [-0.1, -0.05) is 48.4 Å². The first kappa shape index (κ1) is 34.4. The molecule has 2 aliphatic heterocycles. The lowest BCUT2D eigenvalue weighted by molar-refractivity contribution is -0.433. The molecular weight excluding hydrogens is 584 g/mol. The molecule has 0 amide bonds. The third-order valence-corrected chi connectivity index (χ3v) is 10.2. The van der Waals surface area contributed by atoms with Gasteiger partial charge in [0.2, 0.25) is 5.69 Å². The van der Waals surface area contributed by atoms with Crippen LogP contribution < -0.4 is 4.90 Å². The number of carboxylic acid groups (broad SMARTS) is 1. The van der Waals surface area contributed by atoms with E-state index < -0.39 is 16.1 Å². The van der Waals surface area contributed by atoms with Gasteiger partial charge in [0.1, 0.15) is 6.54 Å². The second-order valence-corrected chi connectivity index (χ2v) is 14.7. The summed E-state index contributed by atoms with van der Waals surface area (Å²) in [6, 6.07) is 12.8. The SMILES string of the molecule is CC[N+]1=C(/C=C/C=C/C=C2/N(CCCCS(=O)(=O)O)c3ccccc3C2(C)CCCCC(=O)O)C(C)(C)c2cc(C)cc(C)c21. The highest BCUT2D eigenvalue weighted by molar-refractivity contribution is 7.85. The predicted molar refractivity (Wildman–Crippen MR) is 184 cm³/mol. The van der Waals surface area contributed by atoms with Crippen LogP contribution in [-0.2, 0) is 25.7 Å².